The van der Waals surface area contributed by atoms with Crippen LogP contribution in [0, 0.1) is 5.92 Å². The van der Waals surface area contributed by atoms with Crippen LogP contribution in [-0.2, 0) is 0 Å². The van der Waals surface area contributed by atoms with Crippen molar-refractivity contribution in [3.05, 3.63) is 24.3 Å². The van der Waals surface area contributed by atoms with Crippen molar-refractivity contribution in [1.29, 1.82) is 0 Å². The van der Waals surface area contributed by atoms with Gasteiger partial charge in [0, 0.05) is 25.7 Å². The van der Waals surface area contributed by atoms with Gasteiger partial charge in [0.15, 0.2) is 0 Å². The maximum atomic E-state index is 5.74. The van der Waals surface area contributed by atoms with Crippen LogP contribution < -0.4 is 15.0 Å². The molecular weight excluding hydrogens is 236 g/mol. The second-order valence-corrected chi connectivity index (χ2v) is 5.63. The molecule has 3 heteroatoms. The lowest BCUT2D eigenvalue weighted by Crippen LogP contribution is -2.51. The molecule has 1 unspecified atom stereocenters. The monoisotopic (exact) mass is 262 g/mol. The first-order chi connectivity index (χ1) is 9.20. The summed E-state index contributed by atoms with van der Waals surface area (Å²) >= 11 is 0. The molecule has 0 amide bonds. The van der Waals surface area contributed by atoms with Gasteiger partial charge >= 0.3 is 0 Å². The molecule has 1 aliphatic rings. The van der Waals surface area contributed by atoms with E-state index >= 15 is 0 Å². The van der Waals surface area contributed by atoms with Gasteiger partial charge in [0.2, 0.25) is 0 Å². The van der Waals surface area contributed by atoms with Crippen LogP contribution in [0.15, 0.2) is 24.3 Å². The van der Waals surface area contributed by atoms with Gasteiger partial charge in [-0.3, -0.25) is 0 Å². The molecule has 1 atom stereocenters. The molecule has 0 spiro atoms. The van der Waals surface area contributed by atoms with Crippen molar-refractivity contribution in [3.8, 4) is 5.75 Å². The summed E-state index contributed by atoms with van der Waals surface area (Å²) in [7, 11) is 0. The van der Waals surface area contributed by atoms with Gasteiger partial charge in [-0.15, -0.1) is 0 Å². The van der Waals surface area contributed by atoms with Crippen molar-refractivity contribution in [2.45, 2.75) is 33.2 Å². The average Bonchev–Trinajstić information content (AvgIpc) is 2.39. The smallest absolute Gasteiger partial charge is 0.142 e. The SMILES string of the molecule is CCOc1ccccc1N1CCNC(CC(C)C)C1. The van der Waals surface area contributed by atoms with E-state index in [-0.39, 0.29) is 0 Å². The molecule has 0 aliphatic carbocycles. The number of ether oxygens (including phenoxy) is 1. The minimum atomic E-state index is 0.587. The van der Waals surface area contributed by atoms with E-state index in [0.717, 1.165) is 37.9 Å². The predicted octanol–water partition coefficient (Wildman–Crippen LogP) is 2.91. The van der Waals surface area contributed by atoms with Crippen molar-refractivity contribution < 1.29 is 4.74 Å². The first kappa shape index (κ1) is 14.2. The standard InChI is InChI=1S/C16H26N2O/c1-4-19-16-8-6-5-7-15(16)18-10-9-17-14(12-18)11-13(2)3/h5-8,13-14,17H,4,9-12H2,1-3H3. The maximum Gasteiger partial charge on any atom is 0.142 e. The van der Waals surface area contributed by atoms with Crippen molar-refractivity contribution in [3.63, 3.8) is 0 Å². The third kappa shape index (κ3) is 3.87. The van der Waals surface area contributed by atoms with Gasteiger partial charge < -0.3 is 15.0 Å². The molecule has 0 radical (unpaired) electrons. The first-order valence-corrected chi connectivity index (χ1v) is 7.40. The molecule has 1 heterocycles. The van der Waals surface area contributed by atoms with Crippen LogP contribution in [0.2, 0.25) is 0 Å². The number of piperazine rings is 1. The van der Waals surface area contributed by atoms with Crippen molar-refractivity contribution >= 4 is 5.69 Å². The van der Waals surface area contributed by atoms with E-state index in [9.17, 15) is 0 Å². The van der Waals surface area contributed by atoms with Gasteiger partial charge in [-0.05, 0) is 31.4 Å². The number of nitrogens with one attached hydrogen (secondary N) is 1. The summed E-state index contributed by atoms with van der Waals surface area (Å²) in [5.74, 6) is 1.75. The van der Waals surface area contributed by atoms with E-state index in [0.29, 0.717) is 6.04 Å². The second-order valence-electron chi connectivity index (χ2n) is 5.63. The number of nitrogens with zero attached hydrogens (tertiary/aromatic N) is 1. The average molecular weight is 262 g/mol. The highest BCUT2D eigenvalue weighted by molar-refractivity contribution is 5.58. The molecular formula is C16H26N2O. The third-order valence-electron chi connectivity index (χ3n) is 3.52. The molecule has 106 valence electrons. The lowest BCUT2D eigenvalue weighted by molar-refractivity contribution is 0.337. The topological polar surface area (TPSA) is 24.5 Å². The van der Waals surface area contributed by atoms with E-state index < -0.39 is 0 Å². The largest absolute Gasteiger partial charge is 0.492 e. The van der Waals surface area contributed by atoms with E-state index in [4.69, 9.17) is 4.74 Å². The number of anilines is 1. The zero-order chi connectivity index (χ0) is 13.7. The summed E-state index contributed by atoms with van der Waals surface area (Å²) in [6, 6.07) is 8.96. The molecule has 2 rings (SSSR count). The number of para-hydroxylation sites is 2. The van der Waals surface area contributed by atoms with Crippen LogP contribution in [-0.4, -0.2) is 32.3 Å². The quantitative estimate of drug-likeness (QED) is 0.883. The minimum Gasteiger partial charge on any atom is -0.492 e. The summed E-state index contributed by atoms with van der Waals surface area (Å²) in [5, 5.41) is 3.62. The van der Waals surface area contributed by atoms with Crippen molar-refractivity contribution in [1.82, 2.24) is 5.32 Å². The fourth-order valence-electron chi connectivity index (χ4n) is 2.77. The molecule has 1 aliphatic heterocycles. The van der Waals surface area contributed by atoms with Crippen molar-refractivity contribution in [2.24, 2.45) is 5.92 Å². The Kier molecular flexibility index (Phi) is 5.08. The summed E-state index contributed by atoms with van der Waals surface area (Å²) < 4.78 is 5.74. The third-order valence-corrected chi connectivity index (χ3v) is 3.52. The van der Waals surface area contributed by atoms with Gasteiger partial charge in [-0.25, -0.2) is 0 Å². The van der Waals surface area contributed by atoms with Gasteiger partial charge in [0.05, 0.1) is 12.3 Å². The highest BCUT2D eigenvalue weighted by atomic mass is 16.5. The lowest BCUT2D eigenvalue weighted by Gasteiger charge is -2.36. The van der Waals surface area contributed by atoms with Gasteiger partial charge in [-0.1, -0.05) is 26.0 Å². The Morgan fingerprint density at radius 3 is 2.89 bits per heavy atom. The molecule has 0 aromatic heterocycles. The molecule has 1 N–H and O–H groups in total. The Morgan fingerprint density at radius 2 is 2.16 bits per heavy atom. The molecule has 3 nitrogen and oxygen atoms in total. The summed E-state index contributed by atoms with van der Waals surface area (Å²) in [6.45, 7) is 10.5. The molecule has 1 saturated heterocycles. The van der Waals surface area contributed by atoms with Crippen LogP contribution in [0.1, 0.15) is 27.2 Å². The summed E-state index contributed by atoms with van der Waals surface area (Å²) in [4.78, 5) is 2.45. The molecule has 1 aromatic rings. The van der Waals surface area contributed by atoms with E-state index in [1.165, 1.54) is 12.1 Å². The molecule has 0 bridgehead atoms. The first-order valence-electron chi connectivity index (χ1n) is 7.40. The van der Waals surface area contributed by atoms with E-state index in [1.54, 1.807) is 0 Å². The van der Waals surface area contributed by atoms with E-state index in [1.807, 2.05) is 13.0 Å². The lowest BCUT2D eigenvalue weighted by atomic mass is 10.0. The number of rotatable bonds is 5. The van der Waals surface area contributed by atoms with Crippen LogP contribution in [0.3, 0.4) is 0 Å². The van der Waals surface area contributed by atoms with Crippen LogP contribution >= 0.6 is 0 Å². The normalized spacial score (nSPS) is 19.8. The Morgan fingerprint density at radius 1 is 1.37 bits per heavy atom. The van der Waals surface area contributed by atoms with E-state index in [2.05, 4.69) is 42.3 Å². The fourth-order valence-corrected chi connectivity index (χ4v) is 2.77. The van der Waals surface area contributed by atoms with Gasteiger partial charge in [-0.2, -0.15) is 0 Å². The predicted molar refractivity (Wildman–Crippen MR) is 81.1 cm³/mol. The maximum absolute atomic E-state index is 5.74. The number of hydrogen-bond acceptors (Lipinski definition) is 3. The fraction of sp³-hybridized carbons (Fsp3) is 0.625. The molecule has 1 aromatic carbocycles. The van der Waals surface area contributed by atoms with Gasteiger partial charge in [0.1, 0.15) is 5.75 Å². The Hall–Kier alpha value is -1.22. The highest BCUT2D eigenvalue weighted by Gasteiger charge is 2.22. The minimum absolute atomic E-state index is 0.587. The summed E-state index contributed by atoms with van der Waals surface area (Å²) in [5.41, 5.74) is 1.24. The zero-order valence-corrected chi connectivity index (χ0v) is 12.4. The Balaban J connectivity index is 2.08. The van der Waals surface area contributed by atoms with Crippen LogP contribution in [0.25, 0.3) is 0 Å². The number of benzene rings is 1. The van der Waals surface area contributed by atoms with Crippen molar-refractivity contribution in [2.75, 3.05) is 31.1 Å². The Labute approximate surface area is 116 Å². The highest BCUT2D eigenvalue weighted by Crippen LogP contribution is 2.29. The summed E-state index contributed by atoms with van der Waals surface area (Å²) in [6.07, 6.45) is 1.23. The number of hydrogen-bond donors (Lipinski definition) is 1. The van der Waals surface area contributed by atoms with Gasteiger partial charge in [0.25, 0.3) is 0 Å². The Bertz CT molecular complexity index is 392. The molecule has 1 fully saturated rings. The second kappa shape index (κ2) is 6.80. The van der Waals surface area contributed by atoms with Crippen LogP contribution in [0.5, 0.6) is 5.75 Å². The zero-order valence-electron chi connectivity index (χ0n) is 12.4. The molecule has 0 saturated carbocycles. The van der Waals surface area contributed by atoms with Crippen LogP contribution in [0.4, 0.5) is 5.69 Å². The molecule has 19 heavy (non-hydrogen) atoms.